The Morgan fingerprint density at radius 2 is 2.25 bits per heavy atom. The highest BCUT2D eigenvalue weighted by Gasteiger charge is 2.29. The molecule has 0 spiro atoms. The van der Waals surface area contributed by atoms with Gasteiger partial charge in [-0.25, -0.2) is 8.78 Å². The summed E-state index contributed by atoms with van der Waals surface area (Å²) in [6, 6.07) is 3.82. The van der Waals surface area contributed by atoms with Gasteiger partial charge in [-0.15, -0.1) is 0 Å². The largest absolute Gasteiger partial charge is 0.373 e. The van der Waals surface area contributed by atoms with E-state index in [1.807, 2.05) is 6.92 Å². The summed E-state index contributed by atoms with van der Waals surface area (Å²) < 4.78 is 32.3. The quantitative estimate of drug-likeness (QED) is 0.786. The van der Waals surface area contributed by atoms with Gasteiger partial charge in [0.25, 0.3) is 0 Å². The number of amides is 1. The second-order valence-corrected chi connectivity index (χ2v) is 5.54. The molecule has 1 aromatic carbocycles. The normalized spacial score (nSPS) is 22.9. The molecule has 2 rings (SSSR count). The molecule has 2 unspecified atom stereocenters. The minimum absolute atomic E-state index is 0.0607. The van der Waals surface area contributed by atoms with Crippen molar-refractivity contribution < 1.29 is 18.3 Å². The Labute approximate surface area is 125 Å². The van der Waals surface area contributed by atoms with E-state index in [0.29, 0.717) is 18.5 Å². The molecule has 1 aromatic rings. The third-order valence-electron chi connectivity index (χ3n) is 3.37. The summed E-state index contributed by atoms with van der Waals surface area (Å²) in [7, 11) is 0. The van der Waals surface area contributed by atoms with Crippen molar-refractivity contribution in [2.75, 3.05) is 18.5 Å². The zero-order valence-corrected chi connectivity index (χ0v) is 12.7. The number of nitrogens with zero attached hydrogens (tertiary/aromatic N) is 1. The molecule has 0 aromatic heterocycles. The van der Waals surface area contributed by atoms with E-state index in [4.69, 9.17) is 4.74 Å². The summed E-state index contributed by atoms with van der Waals surface area (Å²) in [6.07, 6.45) is -0.198. The van der Waals surface area contributed by atoms with Gasteiger partial charge in [-0.3, -0.25) is 4.79 Å². The van der Waals surface area contributed by atoms with Crippen molar-refractivity contribution in [3.63, 3.8) is 0 Å². The standard InChI is InChI=1S/C14H16BrF2NO2/c1-9-8-20-11(6-15)7-18(9)13(19)5-10-3-2-4-12(16)14(10)17/h2-4,9,11H,5-8H2,1H3. The Balaban J connectivity index is 2.09. The average molecular weight is 348 g/mol. The molecule has 0 aliphatic carbocycles. The molecule has 3 nitrogen and oxygen atoms in total. The van der Waals surface area contributed by atoms with Crippen LogP contribution < -0.4 is 0 Å². The number of rotatable bonds is 3. The predicted molar refractivity (Wildman–Crippen MR) is 74.8 cm³/mol. The van der Waals surface area contributed by atoms with Crippen LogP contribution in [0.4, 0.5) is 8.78 Å². The molecule has 1 heterocycles. The van der Waals surface area contributed by atoms with Crippen molar-refractivity contribution in [1.29, 1.82) is 0 Å². The van der Waals surface area contributed by atoms with E-state index in [2.05, 4.69) is 15.9 Å². The first-order chi connectivity index (χ1) is 9.52. The van der Waals surface area contributed by atoms with Crippen LogP contribution in [0.3, 0.4) is 0 Å². The summed E-state index contributed by atoms with van der Waals surface area (Å²) in [6.45, 7) is 2.79. The maximum atomic E-state index is 13.6. The number of morpholine rings is 1. The SMILES string of the molecule is CC1COC(CBr)CN1C(=O)Cc1cccc(F)c1F. The molecule has 0 N–H and O–H groups in total. The van der Waals surface area contributed by atoms with E-state index in [1.165, 1.54) is 12.1 Å². The summed E-state index contributed by atoms with van der Waals surface area (Å²) in [5, 5.41) is 0.637. The van der Waals surface area contributed by atoms with E-state index in [0.717, 1.165) is 6.07 Å². The number of carbonyl (C=O) groups excluding carboxylic acids is 1. The number of alkyl halides is 1. The van der Waals surface area contributed by atoms with Crippen molar-refractivity contribution >= 4 is 21.8 Å². The summed E-state index contributed by atoms with van der Waals surface area (Å²) in [5.41, 5.74) is 0.0871. The molecule has 1 aliphatic heterocycles. The Morgan fingerprint density at radius 3 is 2.95 bits per heavy atom. The minimum Gasteiger partial charge on any atom is -0.373 e. The van der Waals surface area contributed by atoms with Crippen molar-refractivity contribution in [2.24, 2.45) is 0 Å². The lowest BCUT2D eigenvalue weighted by Crippen LogP contribution is -2.52. The van der Waals surface area contributed by atoms with Gasteiger partial charge in [-0.05, 0) is 13.0 Å². The molecule has 0 saturated carbocycles. The third kappa shape index (κ3) is 3.35. The molecule has 1 amide bonds. The lowest BCUT2D eigenvalue weighted by Gasteiger charge is -2.37. The van der Waals surface area contributed by atoms with E-state index in [-0.39, 0.29) is 30.0 Å². The van der Waals surface area contributed by atoms with Crippen molar-refractivity contribution in [3.8, 4) is 0 Å². The number of carbonyl (C=O) groups is 1. The fourth-order valence-corrected chi connectivity index (χ4v) is 2.60. The highest BCUT2D eigenvalue weighted by Crippen LogP contribution is 2.17. The van der Waals surface area contributed by atoms with Gasteiger partial charge in [0.2, 0.25) is 5.91 Å². The van der Waals surface area contributed by atoms with Gasteiger partial charge in [-0.1, -0.05) is 28.1 Å². The van der Waals surface area contributed by atoms with Gasteiger partial charge in [0, 0.05) is 17.4 Å². The molecule has 1 fully saturated rings. The Hall–Kier alpha value is -1.01. The van der Waals surface area contributed by atoms with Crippen molar-refractivity contribution in [3.05, 3.63) is 35.4 Å². The van der Waals surface area contributed by atoms with Crippen LogP contribution in [0.2, 0.25) is 0 Å². The fourth-order valence-electron chi connectivity index (χ4n) is 2.21. The summed E-state index contributed by atoms with van der Waals surface area (Å²) >= 11 is 3.32. The first-order valence-corrected chi connectivity index (χ1v) is 7.55. The lowest BCUT2D eigenvalue weighted by atomic mass is 10.1. The molecule has 2 atom stereocenters. The molecule has 0 bridgehead atoms. The highest BCUT2D eigenvalue weighted by atomic mass is 79.9. The Kier molecular flexibility index (Phi) is 5.10. The van der Waals surface area contributed by atoms with Gasteiger partial charge in [0.1, 0.15) is 0 Å². The molecule has 6 heteroatoms. The van der Waals surface area contributed by atoms with Crippen molar-refractivity contribution in [1.82, 2.24) is 4.90 Å². The van der Waals surface area contributed by atoms with Gasteiger partial charge >= 0.3 is 0 Å². The Bertz CT molecular complexity index is 498. The van der Waals surface area contributed by atoms with Crippen molar-refractivity contribution in [2.45, 2.75) is 25.5 Å². The number of hydrogen-bond acceptors (Lipinski definition) is 2. The summed E-state index contributed by atoms with van der Waals surface area (Å²) in [4.78, 5) is 13.9. The molecule has 0 radical (unpaired) electrons. The first kappa shape index (κ1) is 15.4. The van der Waals surface area contributed by atoms with Crippen LogP contribution in [0.25, 0.3) is 0 Å². The zero-order valence-electron chi connectivity index (χ0n) is 11.1. The second kappa shape index (κ2) is 6.63. The minimum atomic E-state index is -0.946. The zero-order chi connectivity index (χ0) is 14.7. The van der Waals surface area contributed by atoms with E-state index in [1.54, 1.807) is 4.90 Å². The van der Waals surface area contributed by atoms with Crippen LogP contribution in [0.15, 0.2) is 18.2 Å². The smallest absolute Gasteiger partial charge is 0.227 e. The van der Waals surface area contributed by atoms with E-state index < -0.39 is 11.6 Å². The maximum absolute atomic E-state index is 13.6. The van der Waals surface area contributed by atoms with Gasteiger partial charge in [0.05, 0.1) is 25.2 Å². The predicted octanol–water partition coefficient (Wildman–Crippen LogP) is 2.52. The monoisotopic (exact) mass is 347 g/mol. The van der Waals surface area contributed by atoms with E-state index in [9.17, 15) is 13.6 Å². The molecule has 1 aliphatic rings. The Morgan fingerprint density at radius 1 is 1.50 bits per heavy atom. The van der Waals surface area contributed by atoms with Crippen LogP contribution in [0.5, 0.6) is 0 Å². The number of hydrogen-bond donors (Lipinski definition) is 0. The van der Waals surface area contributed by atoms with Crippen LogP contribution in [-0.2, 0) is 16.0 Å². The maximum Gasteiger partial charge on any atom is 0.227 e. The van der Waals surface area contributed by atoms with Gasteiger partial charge in [-0.2, -0.15) is 0 Å². The topological polar surface area (TPSA) is 29.5 Å². The summed E-state index contributed by atoms with van der Waals surface area (Å²) in [5.74, 6) is -2.08. The van der Waals surface area contributed by atoms with Crippen LogP contribution in [0.1, 0.15) is 12.5 Å². The second-order valence-electron chi connectivity index (χ2n) is 4.89. The molecule has 110 valence electrons. The van der Waals surface area contributed by atoms with Gasteiger partial charge in [0.15, 0.2) is 11.6 Å². The van der Waals surface area contributed by atoms with Crippen LogP contribution in [0, 0.1) is 11.6 Å². The first-order valence-electron chi connectivity index (χ1n) is 6.42. The molecule has 1 saturated heterocycles. The highest BCUT2D eigenvalue weighted by molar-refractivity contribution is 9.09. The average Bonchev–Trinajstić information content (AvgIpc) is 2.44. The molecular weight excluding hydrogens is 332 g/mol. The molecule has 20 heavy (non-hydrogen) atoms. The molecular formula is C14H16BrF2NO2. The number of halogens is 3. The fraction of sp³-hybridized carbons (Fsp3) is 0.500. The van der Waals surface area contributed by atoms with Crippen LogP contribution in [-0.4, -0.2) is 41.4 Å². The lowest BCUT2D eigenvalue weighted by molar-refractivity contribution is -0.142. The number of ether oxygens (including phenoxy) is 1. The van der Waals surface area contributed by atoms with Crippen LogP contribution >= 0.6 is 15.9 Å². The van der Waals surface area contributed by atoms with E-state index >= 15 is 0 Å². The van der Waals surface area contributed by atoms with Gasteiger partial charge < -0.3 is 9.64 Å². The number of benzene rings is 1. The third-order valence-corrected chi connectivity index (χ3v) is 4.09.